The predicted molar refractivity (Wildman–Crippen MR) is 64.9 cm³/mol. The Kier molecular flexibility index (Phi) is 3.06. The number of sulfone groups is 1. The fraction of sp³-hybridized carbons (Fsp3) is 0.0909. The number of nitrogens with one attached hydrogen (secondary N) is 1. The van der Waals surface area contributed by atoms with Crippen LogP contribution in [0.1, 0.15) is 0 Å². The van der Waals surface area contributed by atoms with Crippen LogP contribution in [0.5, 0.6) is 0 Å². The zero-order valence-electron chi connectivity index (χ0n) is 9.16. The van der Waals surface area contributed by atoms with E-state index in [4.69, 9.17) is 0 Å². The summed E-state index contributed by atoms with van der Waals surface area (Å²) in [7, 11) is -3.14. The first-order valence-corrected chi connectivity index (χ1v) is 6.77. The largest absolute Gasteiger partial charge is 0.353 e. The lowest BCUT2D eigenvalue weighted by Gasteiger charge is -2.05. The van der Waals surface area contributed by atoms with Crippen molar-refractivity contribution in [1.29, 1.82) is 0 Å². The monoisotopic (exact) mass is 249 g/mol. The normalized spacial score (nSPS) is 11.1. The van der Waals surface area contributed by atoms with Crippen molar-refractivity contribution in [3.05, 3.63) is 43.0 Å². The fourth-order valence-electron chi connectivity index (χ4n) is 1.32. The maximum atomic E-state index is 11.3. The lowest BCUT2D eigenvalue weighted by atomic mass is 10.3. The van der Waals surface area contributed by atoms with Gasteiger partial charge in [-0.15, -0.1) is 0 Å². The van der Waals surface area contributed by atoms with E-state index in [2.05, 4.69) is 15.3 Å². The molecule has 1 heterocycles. The lowest BCUT2D eigenvalue weighted by molar-refractivity contribution is 0.602. The van der Waals surface area contributed by atoms with Crippen LogP contribution in [0.25, 0.3) is 0 Å². The Hall–Kier alpha value is -1.95. The van der Waals surface area contributed by atoms with Crippen LogP contribution in [0.3, 0.4) is 0 Å². The maximum Gasteiger partial charge on any atom is 0.175 e. The first-order valence-electron chi connectivity index (χ1n) is 4.88. The van der Waals surface area contributed by atoms with Gasteiger partial charge in [-0.1, -0.05) is 0 Å². The van der Waals surface area contributed by atoms with E-state index in [1.165, 1.54) is 12.6 Å². The van der Waals surface area contributed by atoms with E-state index in [0.29, 0.717) is 4.90 Å². The standard InChI is InChI=1S/C11H11N3O2S/c1-17(15,16)11-4-2-9(3-5-11)14-10-6-12-8-13-7-10/h2-8,14H,1H3. The molecule has 0 saturated carbocycles. The molecular weight excluding hydrogens is 238 g/mol. The van der Waals surface area contributed by atoms with Crippen LogP contribution >= 0.6 is 0 Å². The minimum absolute atomic E-state index is 0.298. The van der Waals surface area contributed by atoms with Gasteiger partial charge in [0.15, 0.2) is 9.84 Å². The lowest BCUT2D eigenvalue weighted by Crippen LogP contribution is -1.97. The number of hydrogen-bond acceptors (Lipinski definition) is 5. The van der Waals surface area contributed by atoms with Gasteiger partial charge in [0.25, 0.3) is 0 Å². The Balaban J connectivity index is 2.20. The second-order valence-electron chi connectivity index (χ2n) is 3.55. The Morgan fingerprint density at radius 3 is 2.12 bits per heavy atom. The zero-order chi connectivity index (χ0) is 12.3. The minimum Gasteiger partial charge on any atom is -0.353 e. The molecule has 1 aromatic carbocycles. The van der Waals surface area contributed by atoms with Crippen molar-refractivity contribution < 1.29 is 8.42 Å². The highest BCUT2D eigenvalue weighted by atomic mass is 32.2. The van der Waals surface area contributed by atoms with E-state index in [0.717, 1.165) is 11.4 Å². The average molecular weight is 249 g/mol. The molecule has 0 aliphatic carbocycles. The SMILES string of the molecule is CS(=O)(=O)c1ccc(Nc2cncnc2)cc1. The first-order chi connectivity index (χ1) is 8.05. The zero-order valence-corrected chi connectivity index (χ0v) is 9.98. The van der Waals surface area contributed by atoms with Gasteiger partial charge in [0.05, 0.1) is 23.0 Å². The Bertz CT molecular complexity index is 594. The number of benzene rings is 1. The molecule has 6 heteroatoms. The van der Waals surface area contributed by atoms with Gasteiger partial charge < -0.3 is 5.32 Å². The molecular formula is C11H11N3O2S. The van der Waals surface area contributed by atoms with Crippen LogP contribution in [0.15, 0.2) is 47.9 Å². The van der Waals surface area contributed by atoms with Gasteiger partial charge in [-0.05, 0) is 24.3 Å². The van der Waals surface area contributed by atoms with Crippen LogP contribution < -0.4 is 5.32 Å². The Morgan fingerprint density at radius 1 is 1.00 bits per heavy atom. The molecule has 17 heavy (non-hydrogen) atoms. The summed E-state index contributed by atoms with van der Waals surface area (Å²) in [5.41, 5.74) is 1.53. The molecule has 0 amide bonds. The third-order valence-electron chi connectivity index (χ3n) is 2.13. The molecule has 2 rings (SSSR count). The van der Waals surface area contributed by atoms with E-state index in [9.17, 15) is 8.42 Å². The molecule has 0 saturated heterocycles. The maximum absolute atomic E-state index is 11.3. The van der Waals surface area contributed by atoms with Gasteiger partial charge in [-0.25, -0.2) is 18.4 Å². The summed E-state index contributed by atoms with van der Waals surface area (Å²) in [5, 5.41) is 3.06. The van der Waals surface area contributed by atoms with Gasteiger partial charge in [-0.2, -0.15) is 0 Å². The van der Waals surface area contributed by atoms with Crippen molar-refractivity contribution in [2.45, 2.75) is 4.90 Å². The molecule has 0 spiro atoms. The highest BCUT2D eigenvalue weighted by Gasteiger charge is 2.05. The summed E-state index contributed by atoms with van der Waals surface area (Å²) in [6, 6.07) is 6.51. The summed E-state index contributed by atoms with van der Waals surface area (Å²) in [4.78, 5) is 8.03. The smallest absolute Gasteiger partial charge is 0.175 e. The molecule has 1 N–H and O–H groups in total. The minimum atomic E-state index is -3.14. The van der Waals surface area contributed by atoms with Gasteiger partial charge in [-0.3, -0.25) is 0 Å². The van der Waals surface area contributed by atoms with Crippen LogP contribution in [-0.2, 0) is 9.84 Å². The summed E-state index contributed by atoms with van der Waals surface area (Å²) >= 11 is 0. The third kappa shape index (κ3) is 3.01. The van der Waals surface area contributed by atoms with Crippen molar-refractivity contribution in [2.75, 3.05) is 11.6 Å². The van der Waals surface area contributed by atoms with E-state index in [1.807, 2.05) is 0 Å². The van der Waals surface area contributed by atoms with Crippen LogP contribution in [0, 0.1) is 0 Å². The van der Waals surface area contributed by atoms with Crippen molar-refractivity contribution in [3.8, 4) is 0 Å². The van der Waals surface area contributed by atoms with Gasteiger partial charge in [0.1, 0.15) is 6.33 Å². The Labute approximate surface area is 99.5 Å². The second kappa shape index (κ2) is 4.50. The summed E-state index contributed by atoms with van der Waals surface area (Å²) < 4.78 is 22.5. The summed E-state index contributed by atoms with van der Waals surface area (Å²) in [6.45, 7) is 0. The van der Waals surface area contributed by atoms with Crippen molar-refractivity contribution in [1.82, 2.24) is 9.97 Å². The van der Waals surface area contributed by atoms with E-state index >= 15 is 0 Å². The molecule has 0 atom stereocenters. The molecule has 1 aromatic heterocycles. The second-order valence-corrected chi connectivity index (χ2v) is 5.56. The molecule has 0 bridgehead atoms. The van der Waals surface area contributed by atoms with E-state index < -0.39 is 9.84 Å². The van der Waals surface area contributed by atoms with E-state index in [-0.39, 0.29) is 0 Å². The van der Waals surface area contributed by atoms with Gasteiger partial charge in [0.2, 0.25) is 0 Å². The van der Waals surface area contributed by atoms with Crippen LogP contribution in [0.2, 0.25) is 0 Å². The highest BCUT2D eigenvalue weighted by molar-refractivity contribution is 7.90. The highest BCUT2D eigenvalue weighted by Crippen LogP contribution is 2.17. The van der Waals surface area contributed by atoms with Crippen LogP contribution in [0.4, 0.5) is 11.4 Å². The summed E-state index contributed by atoms with van der Waals surface area (Å²) in [6.07, 6.45) is 5.90. The van der Waals surface area contributed by atoms with Gasteiger partial charge in [0, 0.05) is 11.9 Å². The number of rotatable bonds is 3. The van der Waals surface area contributed by atoms with Crippen molar-refractivity contribution >= 4 is 21.2 Å². The molecule has 0 aliphatic heterocycles. The van der Waals surface area contributed by atoms with Crippen molar-refractivity contribution in [3.63, 3.8) is 0 Å². The molecule has 0 fully saturated rings. The Morgan fingerprint density at radius 2 is 1.59 bits per heavy atom. The number of nitrogens with zero attached hydrogens (tertiary/aromatic N) is 2. The third-order valence-corrected chi connectivity index (χ3v) is 3.26. The molecule has 88 valence electrons. The van der Waals surface area contributed by atoms with Crippen molar-refractivity contribution in [2.24, 2.45) is 0 Å². The fourth-order valence-corrected chi connectivity index (χ4v) is 1.95. The van der Waals surface area contributed by atoms with Crippen LogP contribution in [-0.4, -0.2) is 24.6 Å². The first kappa shape index (κ1) is 11.5. The number of aromatic nitrogens is 2. The molecule has 5 nitrogen and oxygen atoms in total. The molecule has 0 unspecified atom stereocenters. The number of hydrogen-bond donors (Lipinski definition) is 1. The average Bonchev–Trinajstić information content (AvgIpc) is 2.30. The predicted octanol–water partition coefficient (Wildman–Crippen LogP) is 1.62. The molecule has 0 aliphatic rings. The van der Waals surface area contributed by atoms with Gasteiger partial charge >= 0.3 is 0 Å². The topological polar surface area (TPSA) is 72.0 Å². The molecule has 0 radical (unpaired) electrons. The molecule has 2 aromatic rings. The quantitative estimate of drug-likeness (QED) is 0.895. The number of anilines is 2. The summed E-state index contributed by atoms with van der Waals surface area (Å²) in [5.74, 6) is 0. The van der Waals surface area contributed by atoms with E-state index in [1.54, 1.807) is 36.7 Å².